The van der Waals surface area contributed by atoms with E-state index in [4.69, 9.17) is 16.3 Å². The van der Waals surface area contributed by atoms with Gasteiger partial charge in [0.05, 0.1) is 11.2 Å². The second-order valence-electron chi connectivity index (χ2n) is 7.34. The van der Waals surface area contributed by atoms with Crippen molar-refractivity contribution in [3.05, 3.63) is 64.4 Å². The van der Waals surface area contributed by atoms with Gasteiger partial charge < -0.3 is 4.74 Å². The Morgan fingerprint density at radius 3 is 2.52 bits per heavy atom. The van der Waals surface area contributed by atoms with Gasteiger partial charge in [0.2, 0.25) is 5.88 Å². The van der Waals surface area contributed by atoms with Gasteiger partial charge in [-0.1, -0.05) is 48.4 Å². The van der Waals surface area contributed by atoms with Crippen LogP contribution in [0.2, 0.25) is 5.02 Å². The normalized spacial score (nSPS) is 12.2. The highest BCUT2D eigenvalue weighted by Crippen LogP contribution is 2.28. The number of nitrogens with zero attached hydrogens (tertiary/aromatic N) is 4. The lowest BCUT2D eigenvalue weighted by molar-refractivity contribution is 0.293. The molecule has 0 unspecified atom stereocenters. The molecule has 0 aliphatic carbocycles. The molecule has 0 amide bonds. The van der Waals surface area contributed by atoms with Crippen LogP contribution < -0.4 is 4.74 Å². The summed E-state index contributed by atoms with van der Waals surface area (Å²) in [6.45, 7) is 11.0. The highest BCUT2D eigenvalue weighted by atomic mass is 35.5. The summed E-state index contributed by atoms with van der Waals surface area (Å²) >= 11 is 6.31. The van der Waals surface area contributed by atoms with Crippen LogP contribution in [0.4, 0.5) is 0 Å². The second kappa shape index (κ2) is 9.23. The number of hydrogen-bond donors (Lipinski definition) is 0. The highest BCUT2D eigenvalue weighted by Gasteiger charge is 2.17. The summed E-state index contributed by atoms with van der Waals surface area (Å²) in [5.41, 5.74) is 5.76. The first-order valence-corrected chi connectivity index (χ1v) is 10.2. The van der Waals surface area contributed by atoms with Crippen LogP contribution >= 0.6 is 11.6 Å². The molecule has 6 heteroatoms. The molecule has 2 aromatic heterocycles. The number of ether oxygens (including phenoxy) is 1. The molecule has 0 N–H and O–H groups in total. The standard InChI is InChI=1S/C23H27ClN4O/c1-6-16(4)17(5)19-9-7-18(8-10-19)14-29-21-11-12-25-23(27-21)22-20(24)13-26-28(22)15(2)3/h7-13,15H,6,14H2,1-5H3. The third-order valence-corrected chi connectivity index (χ3v) is 5.30. The molecule has 152 valence electrons. The zero-order chi connectivity index (χ0) is 21.0. The van der Waals surface area contributed by atoms with Crippen LogP contribution in [0, 0.1) is 0 Å². The van der Waals surface area contributed by atoms with Crippen molar-refractivity contribution < 1.29 is 4.74 Å². The molecule has 5 nitrogen and oxygen atoms in total. The minimum Gasteiger partial charge on any atom is -0.473 e. The molecule has 0 aliphatic rings. The molecule has 0 atom stereocenters. The molecule has 0 radical (unpaired) electrons. The van der Waals surface area contributed by atoms with Crippen molar-refractivity contribution >= 4 is 17.2 Å². The SMILES string of the molecule is CCC(C)=C(C)c1ccc(COc2ccnc(-c3c(Cl)cnn3C(C)C)n2)cc1. The fourth-order valence-electron chi connectivity index (χ4n) is 3.00. The van der Waals surface area contributed by atoms with Gasteiger partial charge in [0.1, 0.15) is 12.3 Å². The Kier molecular flexibility index (Phi) is 6.70. The Bertz CT molecular complexity index is 1010. The quantitative estimate of drug-likeness (QED) is 0.455. The Balaban J connectivity index is 1.75. The monoisotopic (exact) mass is 410 g/mol. The molecule has 0 fully saturated rings. The number of allylic oxidation sites excluding steroid dienone is 2. The van der Waals surface area contributed by atoms with Crippen molar-refractivity contribution in [2.45, 2.75) is 53.7 Å². The summed E-state index contributed by atoms with van der Waals surface area (Å²) in [6, 6.07) is 10.4. The number of hydrogen-bond acceptors (Lipinski definition) is 4. The van der Waals surface area contributed by atoms with E-state index in [9.17, 15) is 0 Å². The van der Waals surface area contributed by atoms with Gasteiger partial charge in [-0.2, -0.15) is 10.1 Å². The average molecular weight is 411 g/mol. The van der Waals surface area contributed by atoms with Crippen LogP contribution in [0.25, 0.3) is 17.1 Å². The largest absolute Gasteiger partial charge is 0.473 e. The van der Waals surface area contributed by atoms with E-state index < -0.39 is 0 Å². The molecule has 0 aliphatic heterocycles. The van der Waals surface area contributed by atoms with Gasteiger partial charge in [0, 0.05) is 18.3 Å². The van der Waals surface area contributed by atoms with E-state index in [-0.39, 0.29) is 6.04 Å². The van der Waals surface area contributed by atoms with Gasteiger partial charge in [-0.15, -0.1) is 0 Å². The van der Waals surface area contributed by atoms with E-state index in [0.29, 0.717) is 29.0 Å². The molecule has 0 saturated carbocycles. The smallest absolute Gasteiger partial charge is 0.217 e. The second-order valence-corrected chi connectivity index (χ2v) is 7.75. The predicted octanol–water partition coefficient (Wildman–Crippen LogP) is 6.36. The maximum atomic E-state index is 6.31. The Labute approximate surface area is 177 Å². The van der Waals surface area contributed by atoms with Crippen LogP contribution in [0.15, 0.2) is 48.3 Å². The predicted molar refractivity (Wildman–Crippen MR) is 118 cm³/mol. The summed E-state index contributed by atoms with van der Waals surface area (Å²) in [5, 5.41) is 4.84. The average Bonchev–Trinajstić information content (AvgIpc) is 3.13. The molecular weight excluding hydrogens is 384 g/mol. The maximum Gasteiger partial charge on any atom is 0.217 e. The fraction of sp³-hybridized carbons (Fsp3) is 0.348. The highest BCUT2D eigenvalue weighted by molar-refractivity contribution is 6.32. The van der Waals surface area contributed by atoms with Gasteiger partial charge in [-0.3, -0.25) is 4.68 Å². The van der Waals surface area contributed by atoms with Crippen molar-refractivity contribution in [1.82, 2.24) is 19.7 Å². The summed E-state index contributed by atoms with van der Waals surface area (Å²) < 4.78 is 7.72. The first kappa shape index (κ1) is 21.1. The van der Waals surface area contributed by atoms with E-state index in [0.717, 1.165) is 12.0 Å². The van der Waals surface area contributed by atoms with Crippen molar-refractivity contribution in [1.29, 1.82) is 0 Å². The molecule has 1 aromatic carbocycles. The van der Waals surface area contributed by atoms with Gasteiger partial charge in [0.15, 0.2) is 5.82 Å². The van der Waals surface area contributed by atoms with E-state index in [1.165, 1.54) is 16.7 Å². The first-order chi connectivity index (χ1) is 13.9. The van der Waals surface area contributed by atoms with Crippen LogP contribution in [0.5, 0.6) is 5.88 Å². The van der Waals surface area contributed by atoms with Crippen LogP contribution in [0.3, 0.4) is 0 Å². The Hall–Kier alpha value is -2.66. The van der Waals surface area contributed by atoms with Gasteiger partial charge >= 0.3 is 0 Å². The number of rotatable bonds is 7. The molecule has 3 rings (SSSR count). The number of aromatic nitrogens is 4. The Morgan fingerprint density at radius 1 is 1.14 bits per heavy atom. The maximum absolute atomic E-state index is 6.31. The van der Waals surface area contributed by atoms with Crippen molar-refractivity contribution in [3.8, 4) is 17.4 Å². The molecule has 0 saturated heterocycles. The van der Waals surface area contributed by atoms with Crippen LogP contribution in [-0.4, -0.2) is 19.7 Å². The van der Waals surface area contributed by atoms with Crippen molar-refractivity contribution in [3.63, 3.8) is 0 Å². The lowest BCUT2D eigenvalue weighted by atomic mass is 10.00. The molecule has 0 spiro atoms. The third kappa shape index (κ3) is 4.85. The first-order valence-electron chi connectivity index (χ1n) is 9.85. The van der Waals surface area contributed by atoms with Crippen molar-refractivity contribution in [2.75, 3.05) is 0 Å². The molecular formula is C23H27ClN4O. The zero-order valence-electron chi connectivity index (χ0n) is 17.6. The lowest BCUT2D eigenvalue weighted by Gasteiger charge is -2.12. The summed E-state index contributed by atoms with van der Waals surface area (Å²) in [5.74, 6) is 1.01. The van der Waals surface area contributed by atoms with E-state index in [1.807, 2.05) is 18.5 Å². The lowest BCUT2D eigenvalue weighted by Crippen LogP contribution is -2.07. The minimum absolute atomic E-state index is 0.151. The molecule has 29 heavy (non-hydrogen) atoms. The summed E-state index contributed by atoms with van der Waals surface area (Å²) in [7, 11) is 0. The fourth-order valence-corrected chi connectivity index (χ4v) is 3.21. The minimum atomic E-state index is 0.151. The Morgan fingerprint density at radius 2 is 1.86 bits per heavy atom. The zero-order valence-corrected chi connectivity index (χ0v) is 18.4. The van der Waals surface area contributed by atoms with Crippen LogP contribution in [-0.2, 0) is 6.61 Å². The van der Waals surface area contributed by atoms with E-state index in [2.05, 4.69) is 60.1 Å². The molecule has 3 aromatic rings. The van der Waals surface area contributed by atoms with Crippen molar-refractivity contribution in [2.24, 2.45) is 0 Å². The number of benzene rings is 1. The molecule has 2 heterocycles. The topological polar surface area (TPSA) is 52.8 Å². The third-order valence-electron chi connectivity index (χ3n) is 5.03. The van der Waals surface area contributed by atoms with Crippen LogP contribution in [0.1, 0.15) is 58.2 Å². The summed E-state index contributed by atoms with van der Waals surface area (Å²) in [4.78, 5) is 8.88. The van der Waals surface area contributed by atoms with Gasteiger partial charge in [0.25, 0.3) is 0 Å². The van der Waals surface area contributed by atoms with E-state index in [1.54, 1.807) is 18.5 Å². The summed E-state index contributed by atoms with van der Waals surface area (Å²) in [6.07, 6.45) is 4.36. The van der Waals surface area contributed by atoms with E-state index >= 15 is 0 Å². The number of halogens is 1. The van der Waals surface area contributed by atoms with Gasteiger partial charge in [-0.25, -0.2) is 4.98 Å². The van der Waals surface area contributed by atoms with Gasteiger partial charge in [-0.05, 0) is 50.8 Å². The molecule has 0 bridgehead atoms.